The summed E-state index contributed by atoms with van der Waals surface area (Å²) in [4.78, 5) is 2.65. The van der Waals surface area contributed by atoms with E-state index in [0.29, 0.717) is 11.8 Å². The fraction of sp³-hybridized carbons (Fsp3) is 0.417. The van der Waals surface area contributed by atoms with Crippen LogP contribution in [0.1, 0.15) is 50.3 Å². The van der Waals surface area contributed by atoms with E-state index in [1.54, 1.807) is 0 Å². The number of phenols is 1. The molecule has 2 unspecified atom stereocenters. The maximum atomic E-state index is 10.0. The van der Waals surface area contributed by atoms with Crippen molar-refractivity contribution in [2.75, 3.05) is 13.1 Å². The minimum atomic E-state index is 0. The molecule has 1 aliphatic heterocycles. The molecule has 0 radical (unpaired) electrons. The van der Waals surface area contributed by atoms with Crippen LogP contribution in [0.3, 0.4) is 0 Å². The normalized spacial score (nSPS) is 26.4. The lowest BCUT2D eigenvalue weighted by molar-refractivity contribution is 0.0480. The van der Waals surface area contributed by atoms with Gasteiger partial charge in [-0.05, 0) is 53.6 Å². The minimum absolute atomic E-state index is 0. The summed E-state index contributed by atoms with van der Waals surface area (Å²) >= 11 is 0. The zero-order valence-electron chi connectivity index (χ0n) is 16.5. The fourth-order valence-electron chi connectivity index (χ4n) is 5.04. The van der Waals surface area contributed by atoms with Crippen LogP contribution >= 0.6 is 12.4 Å². The molecule has 2 atom stereocenters. The van der Waals surface area contributed by atoms with Crippen LogP contribution in [-0.4, -0.2) is 29.1 Å². The number of aromatic hydroxyl groups is 1. The molecule has 2 aliphatic rings. The second-order valence-electron chi connectivity index (χ2n) is 8.79. The number of hydrogen-bond donors (Lipinski definition) is 1. The first-order chi connectivity index (χ1) is 12.4. The lowest BCUT2D eigenvalue weighted by Crippen LogP contribution is -2.59. The second-order valence-corrected chi connectivity index (χ2v) is 8.79. The Labute approximate surface area is 169 Å². The Hall–Kier alpha value is -1.77. The van der Waals surface area contributed by atoms with Crippen LogP contribution in [0.25, 0.3) is 6.08 Å². The van der Waals surface area contributed by atoms with Crippen molar-refractivity contribution >= 4 is 18.5 Å². The average Bonchev–Trinajstić information content (AvgIpc) is 2.63. The largest absolute Gasteiger partial charge is 0.508 e. The Morgan fingerprint density at radius 1 is 1.07 bits per heavy atom. The number of benzene rings is 2. The predicted molar refractivity (Wildman–Crippen MR) is 116 cm³/mol. The van der Waals surface area contributed by atoms with Gasteiger partial charge < -0.3 is 5.11 Å². The molecule has 0 amide bonds. The Kier molecular flexibility index (Phi) is 5.42. The van der Waals surface area contributed by atoms with Crippen molar-refractivity contribution in [3.8, 4) is 5.75 Å². The number of phenolic OH excluding ortho intramolecular Hbond substituents is 1. The lowest BCUT2D eigenvalue weighted by Gasteiger charge is -2.56. The maximum Gasteiger partial charge on any atom is 0.115 e. The smallest absolute Gasteiger partial charge is 0.115 e. The summed E-state index contributed by atoms with van der Waals surface area (Å²) in [7, 11) is 0. The van der Waals surface area contributed by atoms with Gasteiger partial charge in [-0.3, -0.25) is 4.90 Å². The molecule has 2 nitrogen and oxygen atoms in total. The Morgan fingerprint density at radius 3 is 2.56 bits per heavy atom. The van der Waals surface area contributed by atoms with Crippen molar-refractivity contribution in [3.63, 3.8) is 0 Å². The number of likely N-dealkylation sites (tertiary alicyclic amines) is 1. The molecular formula is C24H30ClNO. The third kappa shape index (κ3) is 3.53. The number of piperidine rings is 1. The highest BCUT2D eigenvalue weighted by Gasteiger charge is 2.50. The molecule has 1 fully saturated rings. The molecule has 2 aromatic carbocycles. The van der Waals surface area contributed by atoms with Crippen LogP contribution in [0, 0.1) is 0 Å². The molecule has 0 saturated carbocycles. The number of rotatable bonds is 3. The highest BCUT2D eigenvalue weighted by atomic mass is 35.5. The van der Waals surface area contributed by atoms with Gasteiger partial charge >= 0.3 is 0 Å². The standard InChI is InChI=1S/C24H29NO.ClH/c1-23(2)20-12-11-19(26)16-21(20)24(3)13-15-25(22(23)17-24)14-7-10-18-8-5-4-6-9-18;/h4-12,16,22,26H,13-15,17H2,1-3H3;1H. The highest BCUT2D eigenvalue weighted by molar-refractivity contribution is 5.85. The van der Waals surface area contributed by atoms with Crippen molar-refractivity contribution in [2.24, 2.45) is 0 Å². The first kappa shape index (κ1) is 20.0. The molecule has 0 aromatic heterocycles. The monoisotopic (exact) mass is 383 g/mol. The van der Waals surface area contributed by atoms with Gasteiger partial charge in [0.1, 0.15) is 5.75 Å². The average molecular weight is 384 g/mol. The summed E-state index contributed by atoms with van der Waals surface area (Å²) in [5, 5.41) is 10.0. The van der Waals surface area contributed by atoms with Gasteiger partial charge in [-0.25, -0.2) is 0 Å². The SMILES string of the molecule is CC12CCN(CC=Cc3ccccc3)C(C1)C(C)(C)c1ccc(O)cc12.Cl. The van der Waals surface area contributed by atoms with Crippen LogP contribution in [-0.2, 0) is 10.8 Å². The van der Waals surface area contributed by atoms with Crippen LogP contribution in [0.2, 0.25) is 0 Å². The summed E-state index contributed by atoms with van der Waals surface area (Å²) in [5.41, 5.74) is 4.29. The van der Waals surface area contributed by atoms with Crippen molar-refractivity contribution in [2.45, 2.75) is 50.5 Å². The van der Waals surface area contributed by atoms with E-state index in [-0.39, 0.29) is 23.2 Å². The molecule has 2 aromatic rings. The van der Waals surface area contributed by atoms with E-state index in [4.69, 9.17) is 0 Å². The molecular weight excluding hydrogens is 354 g/mol. The Morgan fingerprint density at radius 2 is 1.81 bits per heavy atom. The summed E-state index contributed by atoms with van der Waals surface area (Å²) in [6.07, 6.45) is 6.85. The summed E-state index contributed by atoms with van der Waals surface area (Å²) in [5.74, 6) is 0.396. The summed E-state index contributed by atoms with van der Waals surface area (Å²) in [6, 6.07) is 17.1. The third-order valence-electron chi connectivity index (χ3n) is 6.67. The molecule has 2 bridgehead atoms. The van der Waals surface area contributed by atoms with E-state index in [2.05, 4.69) is 74.2 Å². The number of hydrogen-bond acceptors (Lipinski definition) is 2. The second kappa shape index (κ2) is 7.33. The van der Waals surface area contributed by atoms with E-state index in [9.17, 15) is 5.11 Å². The Balaban J connectivity index is 0.00000210. The van der Waals surface area contributed by atoms with E-state index < -0.39 is 0 Å². The zero-order chi connectivity index (χ0) is 18.4. The van der Waals surface area contributed by atoms with Gasteiger partial charge in [0.2, 0.25) is 0 Å². The van der Waals surface area contributed by atoms with Crippen molar-refractivity contribution < 1.29 is 5.11 Å². The molecule has 4 rings (SSSR count). The van der Waals surface area contributed by atoms with E-state index in [1.807, 2.05) is 12.1 Å². The molecule has 1 saturated heterocycles. The number of halogens is 1. The molecule has 1 aliphatic carbocycles. The van der Waals surface area contributed by atoms with Crippen molar-refractivity contribution in [1.82, 2.24) is 4.90 Å². The third-order valence-corrected chi connectivity index (χ3v) is 6.67. The van der Waals surface area contributed by atoms with Crippen molar-refractivity contribution in [1.29, 1.82) is 0 Å². The van der Waals surface area contributed by atoms with Gasteiger partial charge in [0, 0.05) is 18.0 Å². The highest BCUT2D eigenvalue weighted by Crippen LogP contribution is 2.52. The van der Waals surface area contributed by atoms with Gasteiger partial charge in [0.05, 0.1) is 0 Å². The fourth-order valence-corrected chi connectivity index (χ4v) is 5.04. The van der Waals surface area contributed by atoms with Crippen molar-refractivity contribution in [3.05, 3.63) is 71.3 Å². The summed E-state index contributed by atoms with van der Waals surface area (Å²) < 4.78 is 0. The van der Waals surface area contributed by atoms with Crippen LogP contribution in [0.15, 0.2) is 54.6 Å². The van der Waals surface area contributed by atoms with Crippen LogP contribution in [0.5, 0.6) is 5.75 Å². The Bertz CT molecular complexity index is 830. The zero-order valence-corrected chi connectivity index (χ0v) is 17.3. The number of fused-ring (bicyclic) bond motifs is 4. The molecule has 3 heteroatoms. The number of nitrogens with zero attached hydrogens (tertiary/aromatic N) is 1. The van der Waals surface area contributed by atoms with Crippen LogP contribution in [0.4, 0.5) is 0 Å². The quantitative estimate of drug-likeness (QED) is 0.752. The summed E-state index contributed by atoms with van der Waals surface area (Å²) in [6.45, 7) is 9.22. The van der Waals surface area contributed by atoms with Gasteiger partial charge in [0.15, 0.2) is 0 Å². The van der Waals surface area contributed by atoms with Gasteiger partial charge in [-0.2, -0.15) is 0 Å². The molecule has 27 heavy (non-hydrogen) atoms. The first-order valence-corrected chi connectivity index (χ1v) is 9.70. The van der Waals surface area contributed by atoms with E-state index in [0.717, 1.165) is 25.9 Å². The predicted octanol–water partition coefficient (Wildman–Crippen LogP) is 5.54. The van der Waals surface area contributed by atoms with Gasteiger partial charge in [-0.15, -0.1) is 12.4 Å². The molecule has 144 valence electrons. The van der Waals surface area contributed by atoms with E-state index in [1.165, 1.54) is 16.7 Å². The molecule has 1 N–H and O–H groups in total. The maximum absolute atomic E-state index is 10.0. The minimum Gasteiger partial charge on any atom is -0.508 e. The van der Waals surface area contributed by atoms with Crippen LogP contribution < -0.4 is 0 Å². The topological polar surface area (TPSA) is 23.5 Å². The first-order valence-electron chi connectivity index (χ1n) is 9.70. The van der Waals surface area contributed by atoms with E-state index >= 15 is 0 Å². The van der Waals surface area contributed by atoms with Gasteiger partial charge in [-0.1, -0.05) is 69.3 Å². The molecule has 1 heterocycles. The lowest BCUT2D eigenvalue weighted by atomic mass is 9.56. The van der Waals surface area contributed by atoms with Gasteiger partial charge in [0.25, 0.3) is 0 Å². The molecule has 0 spiro atoms.